The van der Waals surface area contributed by atoms with Crippen molar-refractivity contribution in [2.75, 3.05) is 19.3 Å². The molecule has 0 atom stereocenters. The Bertz CT molecular complexity index is 430. The van der Waals surface area contributed by atoms with E-state index in [1.165, 1.54) is 0 Å². The molecule has 6 nitrogen and oxygen atoms in total. The van der Waals surface area contributed by atoms with Gasteiger partial charge in [-0.25, -0.2) is 13.1 Å². The van der Waals surface area contributed by atoms with Crippen LogP contribution in [0.5, 0.6) is 0 Å². The third kappa shape index (κ3) is 5.71. The molecular formula is C10H18N4O2S. The van der Waals surface area contributed by atoms with Crippen LogP contribution in [0.2, 0.25) is 0 Å². The van der Waals surface area contributed by atoms with E-state index in [9.17, 15) is 8.42 Å². The summed E-state index contributed by atoms with van der Waals surface area (Å²) in [6.45, 7) is 2.71. The Labute approximate surface area is 102 Å². The van der Waals surface area contributed by atoms with Gasteiger partial charge in [0.15, 0.2) is 0 Å². The molecule has 0 aliphatic carbocycles. The van der Waals surface area contributed by atoms with E-state index < -0.39 is 10.0 Å². The summed E-state index contributed by atoms with van der Waals surface area (Å²) < 4.78 is 25.6. The number of hydrogen-bond donors (Lipinski definition) is 2. The van der Waals surface area contributed by atoms with Crippen LogP contribution >= 0.6 is 0 Å². The lowest BCUT2D eigenvalue weighted by atomic mass is 10.4. The molecule has 1 rings (SSSR count). The van der Waals surface area contributed by atoms with Gasteiger partial charge in [-0.3, -0.25) is 9.97 Å². The number of sulfonamides is 1. The fourth-order valence-electron chi connectivity index (χ4n) is 1.21. The van der Waals surface area contributed by atoms with Crippen molar-refractivity contribution >= 4 is 10.0 Å². The summed E-state index contributed by atoms with van der Waals surface area (Å²) in [6.07, 6.45) is 3.78. The van der Waals surface area contributed by atoms with Crippen LogP contribution < -0.4 is 10.0 Å². The minimum Gasteiger partial charge on any atom is -0.320 e. The van der Waals surface area contributed by atoms with Crippen molar-refractivity contribution in [2.45, 2.75) is 19.9 Å². The molecular weight excluding hydrogens is 240 g/mol. The van der Waals surface area contributed by atoms with E-state index in [1.54, 1.807) is 19.4 Å². The van der Waals surface area contributed by atoms with Gasteiger partial charge in [0, 0.05) is 6.20 Å². The van der Waals surface area contributed by atoms with Gasteiger partial charge in [0.1, 0.15) is 0 Å². The maximum Gasteiger partial charge on any atom is 0.211 e. The number of rotatable bonds is 7. The van der Waals surface area contributed by atoms with E-state index >= 15 is 0 Å². The lowest BCUT2D eigenvalue weighted by Crippen LogP contribution is -2.27. The summed E-state index contributed by atoms with van der Waals surface area (Å²) in [4.78, 5) is 8.12. The van der Waals surface area contributed by atoms with Gasteiger partial charge >= 0.3 is 0 Å². The molecule has 0 aliphatic rings. The summed E-state index contributed by atoms with van der Waals surface area (Å²) in [5.41, 5.74) is 1.43. The second-order valence-electron chi connectivity index (χ2n) is 3.75. The molecule has 7 heteroatoms. The fourth-order valence-corrected chi connectivity index (χ4v) is 2.24. The van der Waals surface area contributed by atoms with Gasteiger partial charge in [-0.1, -0.05) is 0 Å². The first kappa shape index (κ1) is 14.0. The van der Waals surface area contributed by atoms with Crippen molar-refractivity contribution in [3.05, 3.63) is 23.8 Å². The third-order valence-corrected chi connectivity index (χ3v) is 3.56. The highest BCUT2D eigenvalue weighted by Crippen LogP contribution is 1.96. The first-order valence-corrected chi connectivity index (χ1v) is 7.08. The Hall–Kier alpha value is -1.05. The lowest BCUT2D eigenvalue weighted by Gasteiger charge is -2.06. The monoisotopic (exact) mass is 258 g/mol. The minimum absolute atomic E-state index is 0.118. The van der Waals surface area contributed by atoms with E-state index in [0.29, 0.717) is 18.7 Å². The van der Waals surface area contributed by atoms with Crippen LogP contribution in [0, 0.1) is 6.92 Å². The van der Waals surface area contributed by atoms with Gasteiger partial charge < -0.3 is 5.32 Å². The van der Waals surface area contributed by atoms with Crippen molar-refractivity contribution in [3.8, 4) is 0 Å². The third-order valence-electron chi connectivity index (χ3n) is 2.15. The molecule has 0 saturated heterocycles. The van der Waals surface area contributed by atoms with Crippen molar-refractivity contribution in [1.29, 1.82) is 0 Å². The van der Waals surface area contributed by atoms with Crippen LogP contribution in [0.15, 0.2) is 12.4 Å². The first-order valence-electron chi connectivity index (χ1n) is 5.43. The van der Waals surface area contributed by atoms with E-state index in [2.05, 4.69) is 20.0 Å². The van der Waals surface area contributed by atoms with Crippen molar-refractivity contribution < 1.29 is 8.42 Å². The highest BCUT2D eigenvalue weighted by Gasteiger charge is 2.09. The highest BCUT2D eigenvalue weighted by molar-refractivity contribution is 7.89. The summed E-state index contributed by atoms with van der Waals surface area (Å²) in [7, 11) is -1.43. The van der Waals surface area contributed by atoms with Crippen LogP contribution in [0.4, 0.5) is 0 Å². The SMILES string of the molecule is CNCCCS(=O)(=O)NCc1cnc(C)cn1. The van der Waals surface area contributed by atoms with Gasteiger partial charge in [-0.15, -0.1) is 0 Å². The quantitative estimate of drug-likeness (QED) is 0.663. The van der Waals surface area contributed by atoms with Gasteiger partial charge in [-0.2, -0.15) is 0 Å². The van der Waals surface area contributed by atoms with Crippen LogP contribution in [-0.4, -0.2) is 37.7 Å². The van der Waals surface area contributed by atoms with Crippen LogP contribution in [0.1, 0.15) is 17.8 Å². The van der Waals surface area contributed by atoms with Crippen molar-refractivity contribution in [3.63, 3.8) is 0 Å². The molecule has 0 aliphatic heterocycles. The first-order chi connectivity index (χ1) is 8.03. The number of hydrogen-bond acceptors (Lipinski definition) is 5. The Balaban J connectivity index is 2.41. The van der Waals surface area contributed by atoms with Gasteiger partial charge in [0.2, 0.25) is 10.0 Å². The molecule has 0 unspecified atom stereocenters. The lowest BCUT2D eigenvalue weighted by molar-refractivity contribution is 0.576. The normalized spacial score (nSPS) is 11.6. The van der Waals surface area contributed by atoms with E-state index in [1.807, 2.05) is 6.92 Å². The number of aryl methyl sites for hydroxylation is 1. The zero-order valence-electron chi connectivity index (χ0n) is 10.1. The molecule has 0 saturated carbocycles. The smallest absolute Gasteiger partial charge is 0.211 e. The average molecular weight is 258 g/mol. The Morgan fingerprint density at radius 2 is 2.06 bits per heavy atom. The zero-order chi connectivity index (χ0) is 12.7. The summed E-state index contributed by atoms with van der Waals surface area (Å²) >= 11 is 0. The second kappa shape index (κ2) is 6.63. The Morgan fingerprint density at radius 1 is 1.29 bits per heavy atom. The van der Waals surface area contributed by atoms with Crippen molar-refractivity contribution in [2.24, 2.45) is 0 Å². The Kier molecular flexibility index (Phi) is 5.46. The molecule has 0 fully saturated rings. The largest absolute Gasteiger partial charge is 0.320 e. The number of nitrogens with zero attached hydrogens (tertiary/aromatic N) is 2. The molecule has 1 heterocycles. The van der Waals surface area contributed by atoms with E-state index in [0.717, 1.165) is 5.69 Å². The molecule has 96 valence electrons. The highest BCUT2D eigenvalue weighted by atomic mass is 32.2. The van der Waals surface area contributed by atoms with Crippen molar-refractivity contribution in [1.82, 2.24) is 20.0 Å². The van der Waals surface area contributed by atoms with Crippen LogP contribution in [0.3, 0.4) is 0 Å². The molecule has 0 radical (unpaired) electrons. The molecule has 17 heavy (non-hydrogen) atoms. The van der Waals surface area contributed by atoms with E-state index in [4.69, 9.17) is 0 Å². The van der Waals surface area contributed by atoms with Gasteiger partial charge in [0.25, 0.3) is 0 Å². The van der Waals surface area contributed by atoms with Gasteiger partial charge in [0.05, 0.1) is 29.9 Å². The molecule has 0 aromatic carbocycles. The molecule has 0 bridgehead atoms. The van der Waals surface area contributed by atoms with Gasteiger partial charge in [-0.05, 0) is 26.9 Å². The maximum absolute atomic E-state index is 11.6. The Morgan fingerprint density at radius 3 is 2.65 bits per heavy atom. The molecule has 0 amide bonds. The minimum atomic E-state index is -3.22. The average Bonchev–Trinajstić information content (AvgIpc) is 2.29. The maximum atomic E-state index is 11.6. The fraction of sp³-hybridized carbons (Fsp3) is 0.600. The predicted octanol–water partition coefficient (Wildman–Crippen LogP) is -0.186. The molecule has 1 aromatic heterocycles. The zero-order valence-corrected chi connectivity index (χ0v) is 10.9. The predicted molar refractivity (Wildman–Crippen MR) is 65.9 cm³/mol. The van der Waals surface area contributed by atoms with Crippen LogP contribution in [-0.2, 0) is 16.6 Å². The van der Waals surface area contributed by atoms with Crippen LogP contribution in [0.25, 0.3) is 0 Å². The number of aromatic nitrogens is 2. The standard InChI is InChI=1S/C10H18N4O2S/c1-9-6-13-10(7-12-9)8-14-17(15,16)5-3-4-11-2/h6-7,11,14H,3-5,8H2,1-2H3. The summed E-state index contributed by atoms with van der Waals surface area (Å²) in [6, 6.07) is 0. The topological polar surface area (TPSA) is 84.0 Å². The molecule has 1 aromatic rings. The van der Waals surface area contributed by atoms with E-state index in [-0.39, 0.29) is 12.3 Å². The second-order valence-corrected chi connectivity index (χ2v) is 5.67. The summed E-state index contributed by atoms with van der Waals surface area (Å²) in [5, 5.41) is 2.91. The molecule has 2 N–H and O–H groups in total. The summed E-state index contributed by atoms with van der Waals surface area (Å²) in [5.74, 6) is 0.118. The molecule has 0 spiro atoms. The number of nitrogens with one attached hydrogen (secondary N) is 2.